The van der Waals surface area contributed by atoms with Crippen molar-refractivity contribution in [3.63, 3.8) is 0 Å². The fourth-order valence-electron chi connectivity index (χ4n) is 2.75. The molecule has 106 valence electrons. The molecule has 1 aromatic heterocycles. The largest absolute Gasteiger partial charge is 0.391 e. The summed E-state index contributed by atoms with van der Waals surface area (Å²) in [5, 5.41) is 22.1. The van der Waals surface area contributed by atoms with Crippen molar-refractivity contribution in [1.82, 2.24) is 20.2 Å². The Balaban J connectivity index is 1.81. The van der Waals surface area contributed by atoms with E-state index in [2.05, 4.69) is 43.6 Å². The first-order chi connectivity index (χ1) is 9.74. The highest BCUT2D eigenvalue weighted by Gasteiger charge is 2.27. The van der Waals surface area contributed by atoms with Crippen LogP contribution in [-0.2, 0) is 6.42 Å². The van der Waals surface area contributed by atoms with Crippen LogP contribution in [0, 0.1) is 0 Å². The van der Waals surface area contributed by atoms with Gasteiger partial charge in [-0.3, -0.25) is 0 Å². The van der Waals surface area contributed by atoms with Crippen molar-refractivity contribution in [1.29, 1.82) is 0 Å². The van der Waals surface area contributed by atoms with Crippen molar-refractivity contribution in [3.05, 3.63) is 40.1 Å². The van der Waals surface area contributed by atoms with Gasteiger partial charge in [0.25, 0.3) is 0 Å². The lowest BCUT2D eigenvalue weighted by atomic mass is 9.92. The average molecular weight is 337 g/mol. The number of halogens is 1. The second kappa shape index (κ2) is 6.01. The first kappa shape index (κ1) is 13.7. The summed E-state index contributed by atoms with van der Waals surface area (Å²) in [5.41, 5.74) is 1.16. The molecule has 0 saturated heterocycles. The smallest absolute Gasteiger partial charge is 0.156 e. The van der Waals surface area contributed by atoms with Crippen LogP contribution in [0.5, 0.6) is 0 Å². The number of hydrogen-bond acceptors (Lipinski definition) is 4. The first-order valence-electron chi connectivity index (χ1n) is 6.93. The molecule has 2 unspecified atom stereocenters. The molecule has 1 saturated carbocycles. The van der Waals surface area contributed by atoms with Crippen LogP contribution in [0.15, 0.2) is 28.7 Å². The van der Waals surface area contributed by atoms with E-state index in [0.29, 0.717) is 6.42 Å². The normalized spacial score (nSPS) is 22.9. The number of benzene rings is 1. The van der Waals surface area contributed by atoms with Crippen LogP contribution in [0.1, 0.15) is 43.1 Å². The van der Waals surface area contributed by atoms with Gasteiger partial charge in [-0.15, -0.1) is 5.10 Å². The Morgan fingerprint density at radius 3 is 2.70 bits per heavy atom. The van der Waals surface area contributed by atoms with Crippen molar-refractivity contribution in [2.75, 3.05) is 0 Å². The summed E-state index contributed by atoms with van der Waals surface area (Å²) < 4.78 is 2.87. The topological polar surface area (TPSA) is 63.8 Å². The van der Waals surface area contributed by atoms with E-state index in [0.717, 1.165) is 41.5 Å². The van der Waals surface area contributed by atoms with E-state index in [9.17, 15) is 5.11 Å². The first-order valence-corrected chi connectivity index (χ1v) is 7.72. The summed E-state index contributed by atoms with van der Waals surface area (Å²) in [6.07, 6.45) is 4.34. The zero-order valence-electron chi connectivity index (χ0n) is 11.1. The van der Waals surface area contributed by atoms with Crippen molar-refractivity contribution in [2.24, 2.45) is 0 Å². The fraction of sp³-hybridized carbons (Fsp3) is 0.500. The van der Waals surface area contributed by atoms with Gasteiger partial charge in [-0.2, -0.15) is 0 Å². The van der Waals surface area contributed by atoms with Gasteiger partial charge in [-0.25, -0.2) is 4.68 Å². The number of tetrazole rings is 1. The number of rotatable bonds is 3. The molecule has 1 aromatic carbocycles. The van der Waals surface area contributed by atoms with Gasteiger partial charge >= 0.3 is 0 Å². The lowest BCUT2D eigenvalue weighted by molar-refractivity contribution is 0.0670. The zero-order chi connectivity index (χ0) is 13.9. The molecule has 20 heavy (non-hydrogen) atoms. The lowest BCUT2D eigenvalue weighted by Gasteiger charge is -2.27. The highest BCUT2D eigenvalue weighted by molar-refractivity contribution is 9.10. The molecular weight excluding hydrogens is 320 g/mol. The number of nitrogens with zero attached hydrogens (tertiary/aromatic N) is 4. The van der Waals surface area contributed by atoms with E-state index in [1.807, 2.05) is 16.8 Å². The molecule has 1 aliphatic rings. The van der Waals surface area contributed by atoms with Gasteiger partial charge in [0.2, 0.25) is 0 Å². The maximum atomic E-state index is 10.1. The molecule has 0 spiro atoms. The Hall–Kier alpha value is -1.27. The Morgan fingerprint density at radius 2 is 1.95 bits per heavy atom. The minimum absolute atomic E-state index is 0.0178. The summed E-state index contributed by atoms with van der Waals surface area (Å²) >= 11 is 3.43. The zero-order valence-corrected chi connectivity index (χ0v) is 12.7. The fourth-order valence-corrected chi connectivity index (χ4v) is 3.01. The SMILES string of the molecule is OC1CCCCC1n1nnnc1Cc1ccc(Br)cc1. The van der Waals surface area contributed by atoms with Crippen molar-refractivity contribution >= 4 is 15.9 Å². The summed E-state index contributed by atoms with van der Waals surface area (Å²) in [6, 6.07) is 8.16. The highest BCUT2D eigenvalue weighted by Crippen LogP contribution is 2.28. The second-order valence-electron chi connectivity index (χ2n) is 5.26. The Bertz CT molecular complexity index is 569. The van der Waals surface area contributed by atoms with Gasteiger partial charge in [0.05, 0.1) is 12.1 Å². The number of aliphatic hydroxyl groups is 1. The molecule has 1 heterocycles. The molecule has 2 atom stereocenters. The third-order valence-corrected chi connectivity index (χ3v) is 4.37. The van der Waals surface area contributed by atoms with E-state index in [4.69, 9.17) is 0 Å². The number of aromatic nitrogens is 4. The minimum Gasteiger partial charge on any atom is -0.391 e. The van der Waals surface area contributed by atoms with Crippen molar-refractivity contribution < 1.29 is 5.11 Å². The molecule has 0 bridgehead atoms. The Kier molecular flexibility index (Phi) is 4.12. The Morgan fingerprint density at radius 1 is 1.20 bits per heavy atom. The molecule has 0 amide bonds. The third-order valence-electron chi connectivity index (χ3n) is 3.84. The molecule has 0 aliphatic heterocycles. The van der Waals surface area contributed by atoms with Crippen molar-refractivity contribution in [2.45, 2.75) is 44.2 Å². The number of hydrogen-bond donors (Lipinski definition) is 1. The quantitative estimate of drug-likeness (QED) is 0.935. The molecule has 2 aromatic rings. The van der Waals surface area contributed by atoms with E-state index < -0.39 is 0 Å². The van der Waals surface area contributed by atoms with Gasteiger partial charge in [0.15, 0.2) is 5.82 Å². The molecule has 0 radical (unpaired) electrons. The molecule has 6 heteroatoms. The third kappa shape index (κ3) is 2.91. The van der Waals surface area contributed by atoms with Crippen molar-refractivity contribution in [3.8, 4) is 0 Å². The van der Waals surface area contributed by atoms with Gasteiger partial charge in [0, 0.05) is 10.9 Å². The van der Waals surface area contributed by atoms with Crippen LogP contribution >= 0.6 is 15.9 Å². The monoisotopic (exact) mass is 336 g/mol. The van der Waals surface area contributed by atoms with Gasteiger partial charge < -0.3 is 5.11 Å². The van der Waals surface area contributed by atoms with E-state index in [1.165, 1.54) is 0 Å². The van der Waals surface area contributed by atoms with Crippen LogP contribution in [0.4, 0.5) is 0 Å². The summed E-state index contributed by atoms with van der Waals surface area (Å²) in [4.78, 5) is 0. The highest BCUT2D eigenvalue weighted by atomic mass is 79.9. The molecular formula is C14H17BrN4O. The molecule has 1 fully saturated rings. The van der Waals surface area contributed by atoms with Gasteiger partial charge in [-0.05, 0) is 41.0 Å². The minimum atomic E-state index is -0.337. The number of aliphatic hydroxyl groups excluding tert-OH is 1. The second-order valence-corrected chi connectivity index (χ2v) is 6.18. The van der Waals surface area contributed by atoms with Crippen LogP contribution in [0.2, 0.25) is 0 Å². The standard InChI is InChI=1S/C14H17BrN4O/c15-11-7-5-10(6-8-11)9-14-16-17-18-19(14)12-3-1-2-4-13(12)20/h5-8,12-13,20H,1-4,9H2. The molecule has 3 rings (SSSR count). The van der Waals surface area contributed by atoms with Gasteiger partial charge in [0.1, 0.15) is 0 Å². The summed E-state index contributed by atoms with van der Waals surface area (Å²) in [6.45, 7) is 0. The van der Waals surface area contributed by atoms with Crippen LogP contribution in [0.3, 0.4) is 0 Å². The van der Waals surface area contributed by atoms with Gasteiger partial charge in [-0.1, -0.05) is 40.9 Å². The van der Waals surface area contributed by atoms with E-state index >= 15 is 0 Å². The lowest BCUT2D eigenvalue weighted by Crippen LogP contribution is -2.29. The van der Waals surface area contributed by atoms with Crippen LogP contribution in [0.25, 0.3) is 0 Å². The van der Waals surface area contributed by atoms with E-state index in [-0.39, 0.29) is 12.1 Å². The Labute approximate surface area is 126 Å². The average Bonchev–Trinajstić information content (AvgIpc) is 2.90. The summed E-state index contributed by atoms with van der Waals surface area (Å²) in [7, 11) is 0. The molecule has 1 aliphatic carbocycles. The predicted octanol–water partition coefficient (Wildman–Crippen LogP) is 2.50. The summed E-state index contributed by atoms with van der Waals surface area (Å²) in [5.74, 6) is 0.818. The van der Waals surface area contributed by atoms with E-state index in [1.54, 1.807) is 0 Å². The maximum absolute atomic E-state index is 10.1. The van der Waals surface area contributed by atoms with Crippen LogP contribution < -0.4 is 0 Å². The van der Waals surface area contributed by atoms with Crippen LogP contribution in [-0.4, -0.2) is 31.4 Å². The molecule has 1 N–H and O–H groups in total. The maximum Gasteiger partial charge on any atom is 0.156 e. The predicted molar refractivity (Wildman–Crippen MR) is 78.3 cm³/mol. The molecule has 5 nitrogen and oxygen atoms in total.